The lowest BCUT2D eigenvalue weighted by atomic mass is 10.1. The lowest BCUT2D eigenvalue weighted by Crippen LogP contribution is -2.30. The monoisotopic (exact) mass is 470 g/mol. The van der Waals surface area contributed by atoms with Crippen molar-refractivity contribution in [1.82, 2.24) is 25.1 Å². The number of amides is 1. The molecule has 2 aromatic heterocycles. The Morgan fingerprint density at radius 3 is 2.72 bits per heavy atom. The number of benzene rings is 1. The highest BCUT2D eigenvalue weighted by Crippen LogP contribution is 2.29. The highest BCUT2D eigenvalue weighted by atomic mass is 32.2. The van der Waals surface area contributed by atoms with E-state index in [0.29, 0.717) is 18.8 Å². The zero-order chi connectivity index (χ0) is 22.2. The van der Waals surface area contributed by atoms with Gasteiger partial charge in [-0.15, -0.1) is 11.8 Å². The second kappa shape index (κ2) is 11.6. The SMILES string of the molecule is CCSc1nc(N2CCCCC2)c2cnn(CCNC(=O)CSCc3ccccc3)c2n1. The van der Waals surface area contributed by atoms with Gasteiger partial charge >= 0.3 is 0 Å². The Kier molecular flexibility index (Phi) is 8.28. The van der Waals surface area contributed by atoms with Crippen molar-refractivity contribution in [2.24, 2.45) is 0 Å². The van der Waals surface area contributed by atoms with Crippen LogP contribution in [0.1, 0.15) is 31.7 Å². The van der Waals surface area contributed by atoms with Crippen LogP contribution in [0.15, 0.2) is 41.7 Å². The third-order valence-electron chi connectivity index (χ3n) is 5.38. The highest BCUT2D eigenvalue weighted by molar-refractivity contribution is 7.99. The number of carbonyl (C=O) groups excluding carboxylic acids is 1. The summed E-state index contributed by atoms with van der Waals surface area (Å²) in [6, 6.07) is 10.2. The Morgan fingerprint density at radius 1 is 1.12 bits per heavy atom. The molecule has 3 aromatic rings. The molecule has 1 aliphatic heterocycles. The van der Waals surface area contributed by atoms with E-state index in [9.17, 15) is 4.79 Å². The molecule has 0 radical (unpaired) electrons. The molecule has 3 heterocycles. The number of aromatic nitrogens is 4. The zero-order valence-electron chi connectivity index (χ0n) is 18.5. The summed E-state index contributed by atoms with van der Waals surface area (Å²) in [7, 11) is 0. The first kappa shape index (κ1) is 22.9. The number of nitrogens with zero attached hydrogens (tertiary/aromatic N) is 5. The Labute approximate surface area is 197 Å². The van der Waals surface area contributed by atoms with Gasteiger partial charge in [0, 0.05) is 25.4 Å². The number of carbonyl (C=O) groups is 1. The lowest BCUT2D eigenvalue weighted by Gasteiger charge is -2.28. The van der Waals surface area contributed by atoms with Crippen LogP contribution in [0.4, 0.5) is 5.82 Å². The van der Waals surface area contributed by atoms with Crippen LogP contribution >= 0.6 is 23.5 Å². The molecule has 0 spiro atoms. The fraction of sp³-hybridized carbons (Fsp3) is 0.478. The Morgan fingerprint density at radius 2 is 1.94 bits per heavy atom. The van der Waals surface area contributed by atoms with Crippen LogP contribution in [-0.2, 0) is 17.1 Å². The van der Waals surface area contributed by atoms with E-state index in [0.717, 1.165) is 46.6 Å². The fourth-order valence-electron chi connectivity index (χ4n) is 3.81. The molecule has 0 aliphatic carbocycles. The molecule has 0 atom stereocenters. The summed E-state index contributed by atoms with van der Waals surface area (Å²) in [4.78, 5) is 24.2. The summed E-state index contributed by atoms with van der Waals surface area (Å²) in [5, 5.41) is 9.37. The van der Waals surface area contributed by atoms with Crippen LogP contribution < -0.4 is 10.2 Å². The van der Waals surface area contributed by atoms with E-state index in [1.807, 2.05) is 29.1 Å². The number of thioether (sulfide) groups is 2. The predicted molar refractivity (Wildman–Crippen MR) is 133 cm³/mol. The van der Waals surface area contributed by atoms with E-state index in [1.165, 1.54) is 24.8 Å². The molecule has 1 fully saturated rings. The van der Waals surface area contributed by atoms with Crippen LogP contribution in [0.2, 0.25) is 0 Å². The molecule has 170 valence electrons. The predicted octanol–water partition coefficient (Wildman–Crippen LogP) is 3.98. The van der Waals surface area contributed by atoms with Crippen LogP contribution in [0.3, 0.4) is 0 Å². The van der Waals surface area contributed by atoms with E-state index in [2.05, 4.69) is 34.4 Å². The average molecular weight is 471 g/mol. The molecular weight excluding hydrogens is 440 g/mol. The zero-order valence-corrected chi connectivity index (χ0v) is 20.1. The summed E-state index contributed by atoms with van der Waals surface area (Å²) in [5.41, 5.74) is 2.09. The number of piperidine rings is 1. The summed E-state index contributed by atoms with van der Waals surface area (Å²) in [5.74, 6) is 3.27. The van der Waals surface area contributed by atoms with E-state index in [-0.39, 0.29) is 5.91 Å². The standard InChI is InChI=1S/C23H30N6OS2/c1-2-32-23-26-21(28-12-7-4-8-13-28)19-15-25-29(22(19)27-23)14-11-24-20(30)17-31-16-18-9-5-3-6-10-18/h3,5-6,9-10,15H,2,4,7-8,11-14,16-17H2,1H3,(H,24,30). The van der Waals surface area contributed by atoms with Crippen molar-refractivity contribution in [2.75, 3.05) is 36.0 Å². The van der Waals surface area contributed by atoms with E-state index >= 15 is 0 Å². The molecule has 1 amide bonds. The van der Waals surface area contributed by atoms with Crippen LogP contribution in [0, 0.1) is 0 Å². The van der Waals surface area contributed by atoms with Gasteiger partial charge in [0.1, 0.15) is 5.82 Å². The van der Waals surface area contributed by atoms with Gasteiger partial charge in [-0.25, -0.2) is 14.6 Å². The number of nitrogens with one attached hydrogen (secondary N) is 1. The molecule has 0 unspecified atom stereocenters. The molecule has 1 aromatic carbocycles. The van der Waals surface area contributed by atoms with Gasteiger partial charge in [-0.2, -0.15) is 5.10 Å². The van der Waals surface area contributed by atoms with Crippen molar-refractivity contribution >= 4 is 46.3 Å². The molecule has 0 saturated carbocycles. The molecule has 4 rings (SSSR count). The van der Waals surface area contributed by atoms with E-state index in [4.69, 9.17) is 9.97 Å². The summed E-state index contributed by atoms with van der Waals surface area (Å²) < 4.78 is 1.89. The smallest absolute Gasteiger partial charge is 0.230 e. The van der Waals surface area contributed by atoms with Crippen molar-refractivity contribution in [2.45, 2.75) is 43.6 Å². The van der Waals surface area contributed by atoms with Crippen molar-refractivity contribution in [3.05, 3.63) is 42.1 Å². The average Bonchev–Trinajstić information content (AvgIpc) is 3.23. The summed E-state index contributed by atoms with van der Waals surface area (Å²) in [6.07, 6.45) is 5.55. The maximum absolute atomic E-state index is 12.2. The molecule has 32 heavy (non-hydrogen) atoms. The van der Waals surface area contributed by atoms with Gasteiger partial charge in [-0.1, -0.05) is 49.0 Å². The maximum atomic E-state index is 12.2. The number of hydrogen-bond acceptors (Lipinski definition) is 7. The Bertz CT molecular complexity index is 1020. The van der Waals surface area contributed by atoms with Gasteiger partial charge in [0.15, 0.2) is 10.8 Å². The number of hydrogen-bond donors (Lipinski definition) is 1. The lowest BCUT2D eigenvalue weighted by molar-refractivity contribution is -0.118. The first-order valence-corrected chi connectivity index (χ1v) is 13.4. The van der Waals surface area contributed by atoms with Gasteiger partial charge in [-0.05, 0) is 30.6 Å². The molecule has 1 saturated heterocycles. The highest BCUT2D eigenvalue weighted by Gasteiger charge is 2.20. The van der Waals surface area contributed by atoms with E-state index < -0.39 is 0 Å². The van der Waals surface area contributed by atoms with Crippen LogP contribution in [0.5, 0.6) is 0 Å². The third-order valence-corrected chi connectivity index (χ3v) is 7.11. The van der Waals surface area contributed by atoms with Gasteiger partial charge in [0.05, 0.1) is 23.9 Å². The van der Waals surface area contributed by atoms with Gasteiger partial charge in [-0.3, -0.25) is 4.79 Å². The van der Waals surface area contributed by atoms with Crippen molar-refractivity contribution in [3.8, 4) is 0 Å². The van der Waals surface area contributed by atoms with Crippen molar-refractivity contribution < 1.29 is 4.79 Å². The minimum absolute atomic E-state index is 0.0493. The molecule has 0 bridgehead atoms. The van der Waals surface area contributed by atoms with Crippen molar-refractivity contribution in [1.29, 1.82) is 0 Å². The topological polar surface area (TPSA) is 75.9 Å². The van der Waals surface area contributed by atoms with E-state index in [1.54, 1.807) is 23.5 Å². The Balaban J connectivity index is 1.36. The van der Waals surface area contributed by atoms with Crippen molar-refractivity contribution in [3.63, 3.8) is 0 Å². The molecule has 7 nitrogen and oxygen atoms in total. The minimum Gasteiger partial charge on any atom is -0.356 e. The summed E-state index contributed by atoms with van der Waals surface area (Å²) >= 11 is 3.28. The second-order valence-electron chi connectivity index (χ2n) is 7.74. The molecule has 1 N–H and O–H groups in total. The number of rotatable bonds is 10. The fourth-order valence-corrected chi connectivity index (χ4v) is 5.19. The van der Waals surface area contributed by atoms with Gasteiger partial charge < -0.3 is 10.2 Å². The second-order valence-corrected chi connectivity index (χ2v) is 9.96. The Hall–Kier alpha value is -2.26. The summed E-state index contributed by atoms with van der Waals surface area (Å²) in [6.45, 7) is 5.29. The molecular formula is C23H30N6OS2. The number of anilines is 1. The van der Waals surface area contributed by atoms with Gasteiger partial charge in [0.25, 0.3) is 0 Å². The minimum atomic E-state index is 0.0493. The maximum Gasteiger partial charge on any atom is 0.230 e. The normalized spacial score (nSPS) is 14.1. The van der Waals surface area contributed by atoms with Crippen LogP contribution in [0.25, 0.3) is 11.0 Å². The van der Waals surface area contributed by atoms with Crippen LogP contribution in [-0.4, -0.2) is 56.8 Å². The largest absolute Gasteiger partial charge is 0.356 e. The first-order valence-electron chi connectivity index (χ1n) is 11.2. The third kappa shape index (κ3) is 5.95. The molecule has 1 aliphatic rings. The number of fused-ring (bicyclic) bond motifs is 1. The quantitative estimate of drug-likeness (QED) is 0.355. The first-order chi connectivity index (χ1) is 15.7. The molecule has 9 heteroatoms. The van der Waals surface area contributed by atoms with Gasteiger partial charge in [0.2, 0.25) is 5.91 Å².